The molecule has 13 nitrogen and oxygen atoms in total. The van der Waals surface area contributed by atoms with Crippen molar-refractivity contribution >= 4 is 37.0 Å². The van der Waals surface area contributed by atoms with Gasteiger partial charge in [0.25, 0.3) is 6.01 Å². The number of nitrogens with one attached hydrogen (secondary N) is 2. The summed E-state index contributed by atoms with van der Waals surface area (Å²) < 4.78 is 57.9. The van der Waals surface area contributed by atoms with Crippen molar-refractivity contribution in [3.05, 3.63) is 30.3 Å². The highest BCUT2D eigenvalue weighted by molar-refractivity contribution is 7.94. The summed E-state index contributed by atoms with van der Waals surface area (Å²) in [4.78, 5) is 3.15. The van der Waals surface area contributed by atoms with Crippen LogP contribution >= 0.6 is 0 Å². The molecule has 172 valence electrons. The quantitative estimate of drug-likeness (QED) is 0.293. The largest absolute Gasteiger partial charge is 0.424 e. The SMILES string of the molecule is Nc1nc2c(-c3ccc(S(=O)(=O)[C@@H]4CCNC4)c(S(N)(=O)=O)c3-c3nn[nH]n3)cccc2o1. The number of hydrogen-bond donors (Lipinski definition) is 4. The average molecular weight is 491 g/mol. The fraction of sp³-hybridized carbons (Fsp3) is 0.222. The molecule has 2 aromatic heterocycles. The van der Waals surface area contributed by atoms with Crippen LogP contribution in [-0.4, -0.2) is 60.8 Å². The summed E-state index contributed by atoms with van der Waals surface area (Å²) in [5.74, 6) is -0.149. The Bertz CT molecular complexity index is 1570. The third-order valence-electron chi connectivity index (χ3n) is 5.46. The Labute approximate surface area is 187 Å². The number of fused-ring (bicyclic) bond motifs is 1. The summed E-state index contributed by atoms with van der Waals surface area (Å²) in [7, 11) is -8.64. The van der Waals surface area contributed by atoms with Gasteiger partial charge in [0.05, 0.1) is 15.7 Å². The van der Waals surface area contributed by atoms with Gasteiger partial charge in [0.15, 0.2) is 15.4 Å². The van der Waals surface area contributed by atoms with Crippen LogP contribution in [0.1, 0.15) is 6.42 Å². The van der Waals surface area contributed by atoms with Crippen molar-refractivity contribution in [2.24, 2.45) is 5.14 Å². The van der Waals surface area contributed by atoms with Crippen molar-refractivity contribution in [2.45, 2.75) is 21.5 Å². The Balaban J connectivity index is 1.90. The molecule has 33 heavy (non-hydrogen) atoms. The molecule has 0 saturated carbocycles. The predicted octanol–water partition coefficient (Wildman–Crippen LogP) is 0.0401. The second kappa shape index (κ2) is 7.58. The van der Waals surface area contributed by atoms with Gasteiger partial charge in [-0.1, -0.05) is 18.2 Å². The maximum Gasteiger partial charge on any atom is 0.293 e. The number of H-pyrrole nitrogens is 1. The second-order valence-electron chi connectivity index (χ2n) is 7.46. The molecule has 1 atom stereocenters. The standard InChI is InChI=1S/C18H18N8O5S2/c19-18-22-15-11(2-1-3-12(15)31-18)10-4-5-13(32(27,28)9-6-7-21-8-9)16(33(20,29)30)14(10)17-23-25-26-24-17/h1-5,9,21H,6-8H2,(H2,19,22)(H2,20,29,30)(H,23,24,25,26)/t9-/m1/s1. The molecular weight excluding hydrogens is 472 g/mol. The fourth-order valence-corrected chi connectivity index (χ4v) is 7.31. The molecule has 0 spiro atoms. The second-order valence-corrected chi connectivity index (χ2v) is 11.2. The number of rotatable bonds is 5. The number of sulfonamides is 1. The molecule has 15 heteroatoms. The van der Waals surface area contributed by atoms with Gasteiger partial charge in [0, 0.05) is 12.1 Å². The molecule has 4 aromatic rings. The first-order valence-electron chi connectivity index (χ1n) is 9.71. The molecule has 0 bridgehead atoms. The van der Waals surface area contributed by atoms with Crippen molar-refractivity contribution in [3.63, 3.8) is 0 Å². The number of tetrazole rings is 1. The molecule has 0 unspecified atom stereocenters. The van der Waals surface area contributed by atoms with E-state index in [2.05, 4.69) is 30.9 Å². The van der Waals surface area contributed by atoms with Gasteiger partial charge in [0.1, 0.15) is 10.4 Å². The summed E-state index contributed by atoms with van der Waals surface area (Å²) >= 11 is 0. The molecule has 0 aliphatic carbocycles. The van der Waals surface area contributed by atoms with Gasteiger partial charge < -0.3 is 15.5 Å². The average Bonchev–Trinajstić information content (AvgIpc) is 3.52. The van der Waals surface area contributed by atoms with Gasteiger partial charge in [-0.25, -0.2) is 22.0 Å². The van der Waals surface area contributed by atoms with Crippen molar-refractivity contribution in [3.8, 4) is 22.5 Å². The molecule has 1 aliphatic rings. The van der Waals surface area contributed by atoms with Crippen LogP contribution in [0.25, 0.3) is 33.6 Å². The number of sulfone groups is 1. The lowest BCUT2D eigenvalue weighted by Gasteiger charge is -2.18. The number of benzene rings is 2. The Morgan fingerprint density at radius 3 is 2.58 bits per heavy atom. The molecule has 1 aliphatic heterocycles. The van der Waals surface area contributed by atoms with Crippen LogP contribution in [0.5, 0.6) is 0 Å². The zero-order valence-electron chi connectivity index (χ0n) is 16.9. The highest BCUT2D eigenvalue weighted by atomic mass is 32.2. The van der Waals surface area contributed by atoms with Crippen LogP contribution in [0.2, 0.25) is 0 Å². The molecule has 0 radical (unpaired) electrons. The minimum absolute atomic E-state index is 0.0850. The maximum atomic E-state index is 13.4. The monoisotopic (exact) mass is 490 g/mol. The molecule has 1 saturated heterocycles. The lowest BCUT2D eigenvalue weighted by molar-refractivity contribution is 0.574. The van der Waals surface area contributed by atoms with Crippen molar-refractivity contribution in [1.82, 2.24) is 30.9 Å². The first-order valence-corrected chi connectivity index (χ1v) is 12.8. The Kier molecular flexibility index (Phi) is 4.93. The third kappa shape index (κ3) is 3.54. The number of nitrogens with two attached hydrogens (primary N) is 2. The number of aromatic amines is 1. The van der Waals surface area contributed by atoms with Crippen LogP contribution < -0.4 is 16.2 Å². The van der Waals surface area contributed by atoms with Gasteiger partial charge in [-0.3, -0.25) is 0 Å². The number of aromatic nitrogens is 5. The van der Waals surface area contributed by atoms with E-state index in [0.717, 1.165) is 0 Å². The zero-order valence-corrected chi connectivity index (χ0v) is 18.5. The zero-order chi connectivity index (χ0) is 23.4. The smallest absolute Gasteiger partial charge is 0.293 e. The number of oxazole rings is 1. The molecule has 5 rings (SSSR count). The topological polar surface area (TPSA) is 213 Å². The highest BCUT2D eigenvalue weighted by Gasteiger charge is 2.37. The molecule has 2 aromatic carbocycles. The number of hydrogen-bond acceptors (Lipinski definition) is 11. The summed E-state index contributed by atoms with van der Waals surface area (Å²) in [6.07, 6.45) is 0.337. The van der Waals surface area contributed by atoms with Gasteiger partial charge >= 0.3 is 0 Å². The van der Waals surface area contributed by atoms with E-state index in [9.17, 15) is 16.8 Å². The van der Waals surface area contributed by atoms with Crippen molar-refractivity contribution in [1.29, 1.82) is 0 Å². The van der Waals surface area contributed by atoms with E-state index in [4.69, 9.17) is 15.3 Å². The number of para-hydroxylation sites is 1. The van der Waals surface area contributed by atoms with Gasteiger partial charge in [-0.05, 0) is 35.9 Å². The van der Waals surface area contributed by atoms with Gasteiger partial charge in [-0.2, -0.15) is 10.2 Å². The van der Waals surface area contributed by atoms with E-state index >= 15 is 0 Å². The van der Waals surface area contributed by atoms with E-state index in [-0.39, 0.29) is 29.5 Å². The van der Waals surface area contributed by atoms with Crippen LogP contribution in [0.15, 0.2) is 44.5 Å². The maximum absolute atomic E-state index is 13.4. The van der Waals surface area contributed by atoms with Crippen LogP contribution in [0.4, 0.5) is 6.01 Å². The number of primary sulfonamides is 1. The van der Waals surface area contributed by atoms with Crippen LogP contribution in [0, 0.1) is 0 Å². The number of anilines is 1. The number of nitrogen functional groups attached to an aromatic ring is 1. The Morgan fingerprint density at radius 2 is 1.91 bits per heavy atom. The lowest BCUT2D eigenvalue weighted by atomic mass is 9.98. The van der Waals surface area contributed by atoms with E-state index in [0.29, 0.717) is 29.6 Å². The van der Waals surface area contributed by atoms with E-state index in [1.165, 1.54) is 12.1 Å². The van der Waals surface area contributed by atoms with E-state index < -0.39 is 34.9 Å². The van der Waals surface area contributed by atoms with E-state index in [1.54, 1.807) is 18.2 Å². The number of nitrogens with zero attached hydrogens (tertiary/aromatic N) is 4. The first kappa shape index (κ1) is 21.4. The van der Waals surface area contributed by atoms with Crippen LogP contribution in [-0.2, 0) is 19.9 Å². The van der Waals surface area contributed by atoms with Crippen molar-refractivity contribution < 1.29 is 21.3 Å². The fourth-order valence-electron chi connectivity index (χ4n) is 4.04. The molecule has 3 heterocycles. The Morgan fingerprint density at radius 1 is 1.09 bits per heavy atom. The minimum atomic E-state index is -4.57. The molecule has 0 amide bonds. The Hall–Kier alpha value is -3.40. The highest BCUT2D eigenvalue weighted by Crippen LogP contribution is 2.42. The minimum Gasteiger partial charge on any atom is -0.424 e. The van der Waals surface area contributed by atoms with Crippen LogP contribution in [0.3, 0.4) is 0 Å². The first-order chi connectivity index (χ1) is 15.7. The third-order valence-corrected chi connectivity index (χ3v) is 8.82. The van der Waals surface area contributed by atoms with Gasteiger partial charge in [0.2, 0.25) is 15.8 Å². The predicted molar refractivity (Wildman–Crippen MR) is 117 cm³/mol. The van der Waals surface area contributed by atoms with E-state index in [1.807, 2.05) is 0 Å². The lowest BCUT2D eigenvalue weighted by Crippen LogP contribution is -2.27. The summed E-state index contributed by atoms with van der Waals surface area (Å²) in [5.41, 5.74) is 6.97. The molecular formula is C18H18N8O5S2. The summed E-state index contributed by atoms with van der Waals surface area (Å²) in [5, 5.41) is 21.3. The summed E-state index contributed by atoms with van der Waals surface area (Å²) in [6, 6.07) is 7.57. The summed E-state index contributed by atoms with van der Waals surface area (Å²) in [6.45, 7) is 0.698. The van der Waals surface area contributed by atoms with Crippen molar-refractivity contribution in [2.75, 3.05) is 18.8 Å². The van der Waals surface area contributed by atoms with Gasteiger partial charge in [-0.15, -0.1) is 10.2 Å². The molecule has 6 N–H and O–H groups in total. The molecule has 1 fully saturated rings. The normalized spacial score (nSPS) is 17.1.